The lowest BCUT2D eigenvalue weighted by Crippen LogP contribution is -2.15. The third kappa shape index (κ3) is 12.4. The van der Waals surface area contributed by atoms with Crippen molar-refractivity contribution in [3.8, 4) is 23.0 Å². The van der Waals surface area contributed by atoms with Gasteiger partial charge >= 0.3 is 5.97 Å². The van der Waals surface area contributed by atoms with Gasteiger partial charge in [-0.2, -0.15) is 0 Å². The van der Waals surface area contributed by atoms with Crippen LogP contribution in [0.15, 0.2) is 133 Å². The third-order valence-electron chi connectivity index (χ3n) is 8.99. The molecule has 0 aliphatic carbocycles. The van der Waals surface area contributed by atoms with Crippen LogP contribution in [-0.4, -0.2) is 31.1 Å². The van der Waals surface area contributed by atoms with Gasteiger partial charge in [0.05, 0.1) is 0 Å². The maximum absolute atomic E-state index is 12.1. The molecule has 9 nitrogen and oxygen atoms in total. The fraction of sp³-hybridized carbons (Fsp3) is 0.191. The van der Waals surface area contributed by atoms with Crippen LogP contribution in [-0.2, 0) is 45.5 Å². The van der Waals surface area contributed by atoms with Gasteiger partial charge in [-0.1, -0.05) is 143 Å². The molecule has 0 fully saturated rings. The van der Waals surface area contributed by atoms with Gasteiger partial charge in [0.1, 0.15) is 32.5 Å². The van der Waals surface area contributed by atoms with Crippen molar-refractivity contribution in [2.24, 2.45) is 0 Å². The standard InChI is InChI=1S/C24H22Cl2O4.C23H20Cl2O5/c1-16(27)23(28-2)19-10-7-13-22(29-14-17-8-3-5-11-20(17)25)24(19)30-15-18-9-4-6-12-21(18)26;1-28-22(23(26)27)17-9-6-12-20(29-13-15-7-2-4-10-18(15)24)21(17)30-14-16-8-3-5-11-19(16)25/h3-13,23H,14-15H2,1-2H3;2-12,22H,13-14H2,1H3,(H,26,27). The number of carboxylic acids is 1. The summed E-state index contributed by atoms with van der Waals surface area (Å²) in [7, 11) is 2.81. The van der Waals surface area contributed by atoms with E-state index in [0.717, 1.165) is 22.3 Å². The summed E-state index contributed by atoms with van der Waals surface area (Å²) in [4.78, 5) is 23.8. The molecule has 0 saturated carbocycles. The van der Waals surface area contributed by atoms with E-state index in [1.165, 1.54) is 21.1 Å². The Hall–Kier alpha value is -5.26. The van der Waals surface area contributed by atoms with Gasteiger partial charge in [-0.25, -0.2) is 4.79 Å². The molecule has 0 aromatic heterocycles. The number of para-hydroxylation sites is 2. The molecule has 13 heteroatoms. The van der Waals surface area contributed by atoms with Gasteiger partial charge in [-0.15, -0.1) is 0 Å². The summed E-state index contributed by atoms with van der Waals surface area (Å²) in [5.41, 5.74) is 4.15. The van der Waals surface area contributed by atoms with Crippen molar-refractivity contribution in [3.05, 3.63) is 187 Å². The SMILES string of the molecule is COC(C(=O)O)c1cccc(OCc2ccccc2Cl)c1OCc1ccccc1Cl.COC(C(C)=O)c1cccc(OCc2ccccc2Cl)c1OCc1ccccc1Cl. The van der Waals surface area contributed by atoms with Gasteiger partial charge in [0.2, 0.25) is 0 Å². The molecule has 60 heavy (non-hydrogen) atoms. The Morgan fingerprint density at radius 2 is 0.783 bits per heavy atom. The Morgan fingerprint density at radius 3 is 1.08 bits per heavy atom. The van der Waals surface area contributed by atoms with Crippen molar-refractivity contribution in [3.63, 3.8) is 0 Å². The number of methoxy groups -OCH3 is 2. The highest BCUT2D eigenvalue weighted by atomic mass is 35.5. The molecule has 6 rings (SSSR count). The second kappa shape index (κ2) is 22.9. The van der Waals surface area contributed by atoms with E-state index in [1.54, 1.807) is 54.6 Å². The van der Waals surface area contributed by atoms with Crippen LogP contribution in [0.5, 0.6) is 23.0 Å². The molecule has 2 atom stereocenters. The first-order valence-corrected chi connectivity index (χ1v) is 20.0. The highest BCUT2D eigenvalue weighted by Gasteiger charge is 2.27. The van der Waals surface area contributed by atoms with Crippen molar-refractivity contribution in [1.82, 2.24) is 0 Å². The average molecular weight is 893 g/mol. The Morgan fingerprint density at radius 1 is 0.467 bits per heavy atom. The third-order valence-corrected chi connectivity index (χ3v) is 10.5. The number of ketones is 1. The van der Waals surface area contributed by atoms with E-state index in [1.807, 2.05) is 78.9 Å². The molecule has 1 N–H and O–H groups in total. The second-order valence-corrected chi connectivity index (χ2v) is 14.7. The van der Waals surface area contributed by atoms with Gasteiger partial charge in [0, 0.05) is 67.7 Å². The number of aliphatic carboxylic acids is 1. The minimum absolute atomic E-state index is 0.134. The summed E-state index contributed by atoms with van der Waals surface area (Å²) in [5.74, 6) is 0.308. The largest absolute Gasteiger partial charge is 0.485 e. The number of hydrogen-bond acceptors (Lipinski definition) is 8. The molecule has 0 aliphatic rings. The maximum Gasteiger partial charge on any atom is 0.337 e. The summed E-state index contributed by atoms with van der Waals surface area (Å²) in [5, 5.41) is 11.9. The first kappa shape index (κ1) is 45.8. The molecule has 2 unspecified atom stereocenters. The molecular formula is C47H42Cl4O9. The maximum atomic E-state index is 12.1. The number of rotatable bonds is 18. The molecule has 312 valence electrons. The van der Waals surface area contributed by atoms with Crippen molar-refractivity contribution >= 4 is 58.2 Å². The Labute approximate surface area is 369 Å². The van der Waals surface area contributed by atoms with Gasteiger partial charge in [-0.3, -0.25) is 4.79 Å². The summed E-state index contributed by atoms with van der Waals surface area (Å²) in [6.45, 7) is 2.27. The highest BCUT2D eigenvalue weighted by molar-refractivity contribution is 6.32. The molecule has 0 spiro atoms. The number of ether oxygens (including phenoxy) is 6. The molecule has 0 radical (unpaired) electrons. The predicted octanol–water partition coefficient (Wildman–Crippen LogP) is 12.4. The van der Waals surface area contributed by atoms with E-state index in [0.29, 0.717) is 48.5 Å². The van der Waals surface area contributed by atoms with E-state index >= 15 is 0 Å². The zero-order chi connectivity index (χ0) is 43.0. The molecule has 0 bridgehead atoms. The number of Topliss-reactive ketones (excluding diaryl/α,β-unsaturated/α-hetero) is 1. The zero-order valence-corrected chi connectivity index (χ0v) is 35.9. The topological polar surface area (TPSA) is 110 Å². The quantitative estimate of drug-likeness (QED) is 0.0902. The fourth-order valence-corrected chi connectivity index (χ4v) is 6.72. The number of carbonyl (C=O) groups excluding carboxylic acids is 1. The van der Waals surface area contributed by atoms with Crippen molar-refractivity contribution in [2.75, 3.05) is 14.2 Å². The molecule has 0 aliphatic heterocycles. The average Bonchev–Trinajstić information content (AvgIpc) is 3.24. The van der Waals surface area contributed by atoms with Crippen LogP contribution in [0.25, 0.3) is 0 Å². The van der Waals surface area contributed by atoms with Crippen LogP contribution in [0.4, 0.5) is 0 Å². The Balaban J connectivity index is 0.000000228. The van der Waals surface area contributed by atoms with Gasteiger partial charge in [0.15, 0.2) is 34.9 Å². The molecule has 0 amide bonds. The number of hydrogen-bond donors (Lipinski definition) is 1. The van der Waals surface area contributed by atoms with Crippen LogP contribution < -0.4 is 18.9 Å². The van der Waals surface area contributed by atoms with E-state index in [9.17, 15) is 14.7 Å². The lowest BCUT2D eigenvalue weighted by atomic mass is 10.0. The fourth-order valence-electron chi connectivity index (χ4n) is 5.96. The summed E-state index contributed by atoms with van der Waals surface area (Å²) >= 11 is 24.9. The minimum atomic E-state index is -1.21. The number of carboxylic acid groups (broad SMARTS) is 1. The molecule has 6 aromatic rings. The van der Waals surface area contributed by atoms with Crippen molar-refractivity contribution in [1.29, 1.82) is 0 Å². The van der Waals surface area contributed by atoms with Gasteiger partial charge < -0.3 is 33.5 Å². The summed E-state index contributed by atoms with van der Waals surface area (Å²) in [6, 6.07) is 39.9. The highest BCUT2D eigenvalue weighted by Crippen LogP contribution is 2.40. The summed E-state index contributed by atoms with van der Waals surface area (Å²) in [6.07, 6.45) is -1.98. The van der Waals surface area contributed by atoms with Crippen molar-refractivity contribution in [2.45, 2.75) is 45.6 Å². The number of halogens is 4. The normalized spacial score (nSPS) is 11.7. The van der Waals surface area contributed by atoms with Crippen LogP contribution in [0.3, 0.4) is 0 Å². The predicted molar refractivity (Wildman–Crippen MR) is 234 cm³/mol. The van der Waals surface area contributed by atoms with Gasteiger partial charge in [0.25, 0.3) is 0 Å². The summed E-state index contributed by atoms with van der Waals surface area (Å²) < 4.78 is 34.7. The smallest absolute Gasteiger partial charge is 0.337 e. The van der Waals surface area contributed by atoms with Crippen LogP contribution in [0, 0.1) is 0 Å². The molecule has 6 aromatic carbocycles. The van der Waals surface area contributed by atoms with Crippen LogP contribution in [0.1, 0.15) is 52.5 Å². The van der Waals surface area contributed by atoms with Crippen LogP contribution in [0.2, 0.25) is 20.1 Å². The monoisotopic (exact) mass is 890 g/mol. The number of benzene rings is 6. The lowest BCUT2D eigenvalue weighted by molar-refractivity contribution is -0.149. The van der Waals surface area contributed by atoms with E-state index in [-0.39, 0.29) is 38.0 Å². The Bertz CT molecular complexity index is 2210. The zero-order valence-electron chi connectivity index (χ0n) is 32.9. The first-order chi connectivity index (χ1) is 29.0. The van der Waals surface area contributed by atoms with E-state index in [2.05, 4.69) is 0 Å². The van der Waals surface area contributed by atoms with Crippen molar-refractivity contribution < 1.29 is 43.1 Å². The second-order valence-electron chi connectivity index (χ2n) is 13.0. The number of carbonyl (C=O) groups is 2. The van der Waals surface area contributed by atoms with E-state index in [4.69, 9.17) is 74.8 Å². The molecule has 0 heterocycles. The first-order valence-electron chi connectivity index (χ1n) is 18.5. The lowest BCUT2D eigenvalue weighted by Gasteiger charge is -2.20. The van der Waals surface area contributed by atoms with Gasteiger partial charge in [-0.05, 0) is 43.3 Å². The molecular weight excluding hydrogens is 850 g/mol. The Kier molecular flexibility index (Phi) is 17.5. The minimum Gasteiger partial charge on any atom is -0.485 e. The van der Waals surface area contributed by atoms with Crippen LogP contribution >= 0.6 is 46.4 Å². The van der Waals surface area contributed by atoms with E-state index < -0.39 is 18.2 Å². The molecule has 0 saturated heterocycles.